The zero-order chi connectivity index (χ0) is 13.4. The molecule has 18 heavy (non-hydrogen) atoms. The van der Waals surface area contributed by atoms with Crippen molar-refractivity contribution in [1.82, 2.24) is 4.98 Å². The first kappa shape index (κ1) is 14.2. The Morgan fingerprint density at radius 1 is 1.50 bits per heavy atom. The van der Waals surface area contributed by atoms with Gasteiger partial charge >= 0.3 is 0 Å². The van der Waals surface area contributed by atoms with Gasteiger partial charge in [0.15, 0.2) is 5.84 Å². The Kier molecular flexibility index (Phi) is 5.93. The van der Waals surface area contributed by atoms with Crippen LogP contribution in [0.1, 0.15) is 19.5 Å². The summed E-state index contributed by atoms with van der Waals surface area (Å²) in [6.07, 6.45) is 1.71. The molecule has 1 rings (SSSR count). The molecule has 6 nitrogen and oxygen atoms in total. The van der Waals surface area contributed by atoms with E-state index in [1.54, 1.807) is 12.3 Å². The molecule has 0 saturated carbocycles. The molecule has 1 aromatic rings. The van der Waals surface area contributed by atoms with Gasteiger partial charge in [0.1, 0.15) is 5.69 Å². The van der Waals surface area contributed by atoms with Crippen molar-refractivity contribution in [2.75, 3.05) is 31.2 Å². The molecule has 3 N–H and O–H groups in total. The molecule has 0 spiro atoms. The van der Waals surface area contributed by atoms with Gasteiger partial charge in [0.2, 0.25) is 0 Å². The van der Waals surface area contributed by atoms with E-state index in [0.29, 0.717) is 12.3 Å². The summed E-state index contributed by atoms with van der Waals surface area (Å²) in [4.78, 5) is 6.30. The molecule has 0 aromatic carbocycles. The van der Waals surface area contributed by atoms with Gasteiger partial charge in [0.25, 0.3) is 0 Å². The lowest BCUT2D eigenvalue weighted by molar-refractivity contribution is 0.154. The summed E-state index contributed by atoms with van der Waals surface area (Å²) in [6.45, 7) is 7.14. The highest BCUT2D eigenvalue weighted by molar-refractivity contribution is 5.95. The van der Waals surface area contributed by atoms with Crippen molar-refractivity contribution in [3.63, 3.8) is 0 Å². The lowest BCUT2D eigenvalue weighted by atomic mass is 10.3. The SMILES string of the molecule is CCOCCN(CC)c1ccc(/C(N)=N/O)nc1. The number of anilines is 1. The van der Waals surface area contributed by atoms with Gasteiger partial charge in [-0.05, 0) is 26.0 Å². The summed E-state index contributed by atoms with van der Waals surface area (Å²) in [7, 11) is 0. The van der Waals surface area contributed by atoms with Crippen molar-refractivity contribution in [3.05, 3.63) is 24.0 Å². The number of oxime groups is 1. The zero-order valence-electron chi connectivity index (χ0n) is 10.8. The standard InChI is InChI=1S/C12H20N4O2/c1-3-16(7-8-18-4-2)10-5-6-11(14-9-10)12(13)15-17/h5-6,9,17H,3-4,7-8H2,1-2H3,(H2,13,15). The van der Waals surface area contributed by atoms with Crippen LogP contribution in [0.25, 0.3) is 0 Å². The van der Waals surface area contributed by atoms with Crippen LogP contribution in [-0.4, -0.2) is 42.3 Å². The van der Waals surface area contributed by atoms with Crippen molar-refractivity contribution in [1.29, 1.82) is 0 Å². The van der Waals surface area contributed by atoms with Gasteiger partial charge in [-0.3, -0.25) is 4.98 Å². The minimum atomic E-state index is 0.0129. The summed E-state index contributed by atoms with van der Waals surface area (Å²) >= 11 is 0. The van der Waals surface area contributed by atoms with Gasteiger partial charge in [-0.15, -0.1) is 0 Å². The van der Waals surface area contributed by atoms with E-state index in [2.05, 4.69) is 22.0 Å². The third-order valence-electron chi connectivity index (χ3n) is 2.57. The molecule has 0 unspecified atom stereocenters. The van der Waals surface area contributed by atoms with Gasteiger partial charge in [0.05, 0.1) is 18.5 Å². The largest absolute Gasteiger partial charge is 0.409 e. The van der Waals surface area contributed by atoms with Gasteiger partial charge < -0.3 is 20.6 Å². The number of amidine groups is 1. The second kappa shape index (κ2) is 7.50. The fraction of sp³-hybridized carbons (Fsp3) is 0.500. The van der Waals surface area contributed by atoms with Crippen LogP contribution in [0.3, 0.4) is 0 Å². The number of ether oxygens (including phenoxy) is 1. The van der Waals surface area contributed by atoms with Gasteiger partial charge in [0, 0.05) is 19.7 Å². The summed E-state index contributed by atoms with van der Waals surface area (Å²) in [5.41, 5.74) is 6.91. The number of hydrogen-bond donors (Lipinski definition) is 2. The first-order valence-corrected chi connectivity index (χ1v) is 5.99. The van der Waals surface area contributed by atoms with E-state index in [1.165, 1.54) is 0 Å². The average Bonchev–Trinajstić information content (AvgIpc) is 2.43. The van der Waals surface area contributed by atoms with Gasteiger partial charge in [-0.25, -0.2) is 0 Å². The summed E-state index contributed by atoms with van der Waals surface area (Å²) in [5.74, 6) is 0.0129. The molecule has 0 atom stereocenters. The number of aromatic nitrogens is 1. The molecule has 0 aliphatic rings. The Labute approximate surface area is 107 Å². The molecule has 1 heterocycles. The Balaban J connectivity index is 2.69. The monoisotopic (exact) mass is 252 g/mol. The molecular weight excluding hydrogens is 232 g/mol. The van der Waals surface area contributed by atoms with Crippen LogP contribution in [0.4, 0.5) is 5.69 Å². The number of nitrogens with zero attached hydrogens (tertiary/aromatic N) is 3. The van der Waals surface area contributed by atoms with Gasteiger partial charge in [-0.2, -0.15) is 0 Å². The highest BCUT2D eigenvalue weighted by Gasteiger charge is 2.06. The first-order chi connectivity index (χ1) is 8.72. The van der Waals surface area contributed by atoms with E-state index in [9.17, 15) is 0 Å². The summed E-state index contributed by atoms with van der Waals surface area (Å²) < 4.78 is 5.33. The Bertz CT molecular complexity index is 378. The van der Waals surface area contributed by atoms with E-state index in [0.717, 1.165) is 25.4 Å². The number of hydrogen-bond acceptors (Lipinski definition) is 5. The molecule has 6 heteroatoms. The smallest absolute Gasteiger partial charge is 0.188 e. The molecule has 0 radical (unpaired) electrons. The molecule has 0 bridgehead atoms. The first-order valence-electron chi connectivity index (χ1n) is 5.99. The van der Waals surface area contributed by atoms with Crippen LogP contribution < -0.4 is 10.6 Å². The van der Waals surface area contributed by atoms with Crippen molar-refractivity contribution in [2.24, 2.45) is 10.9 Å². The van der Waals surface area contributed by atoms with Crippen molar-refractivity contribution < 1.29 is 9.94 Å². The molecule has 0 amide bonds. The molecule has 1 aromatic heterocycles. The summed E-state index contributed by atoms with van der Waals surface area (Å²) in [5, 5.41) is 11.5. The molecule has 0 fully saturated rings. The second-order valence-corrected chi connectivity index (χ2v) is 3.66. The van der Waals surface area contributed by atoms with Crippen molar-refractivity contribution in [3.8, 4) is 0 Å². The number of nitrogens with two attached hydrogens (primary N) is 1. The fourth-order valence-corrected chi connectivity index (χ4v) is 1.56. The molecule has 0 aliphatic carbocycles. The lowest BCUT2D eigenvalue weighted by Gasteiger charge is -2.22. The predicted octanol–water partition coefficient (Wildman–Crippen LogP) is 1.04. The van der Waals surface area contributed by atoms with Crippen molar-refractivity contribution in [2.45, 2.75) is 13.8 Å². The van der Waals surface area contributed by atoms with Crippen LogP contribution >= 0.6 is 0 Å². The number of rotatable bonds is 7. The van der Waals surface area contributed by atoms with Crippen LogP contribution in [-0.2, 0) is 4.74 Å². The fourth-order valence-electron chi connectivity index (χ4n) is 1.56. The third kappa shape index (κ3) is 3.89. The summed E-state index contributed by atoms with van der Waals surface area (Å²) in [6, 6.07) is 3.63. The quantitative estimate of drug-likeness (QED) is 0.249. The molecule has 0 saturated heterocycles. The zero-order valence-corrected chi connectivity index (χ0v) is 10.8. The minimum absolute atomic E-state index is 0.0129. The number of likely N-dealkylation sites (N-methyl/N-ethyl adjacent to an activating group) is 1. The van der Waals surface area contributed by atoms with E-state index in [4.69, 9.17) is 15.7 Å². The predicted molar refractivity (Wildman–Crippen MR) is 71.1 cm³/mol. The Hall–Kier alpha value is -1.82. The van der Waals surface area contributed by atoms with E-state index in [1.807, 2.05) is 13.0 Å². The maximum absolute atomic E-state index is 8.55. The molecule has 100 valence electrons. The Morgan fingerprint density at radius 3 is 2.78 bits per heavy atom. The van der Waals surface area contributed by atoms with E-state index >= 15 is 0 Å². The highest BCUT2D eigenvalue weighted by atomic mass is 16.5. The van der Waals surface area contributed by atoms with Crippen molar-refractivity contribution >= 4 is 11.5 Å². The second-order valence-electron chi connectivity index (χ2n) is 3.66. The van der Waals surface area contributed by atoms with Crippen LogP contribution in [0.2, 0.25) is 0 Å². The average molecular weight is 252 g/mol. The molecule has 0 aliphatic heterocycles. The topological polar surface area (TPSA) is 84.0 Å². The Morgan fingerprint density at radius 2 is 2.28 bits per heavy atom. The van der Waals surface area contributed by atoms with E-state index in [-0.39, 0.29) is 5.84 Å². The van der Waals surface area contributed by atoms with Crippen LogP contribution in [0.5, 0.6) is 0 Å². The molecular formula is C12H20N4O2. The van der Waals surface area contributed by atoms with Crippen LogP contribution in [0.15, 0.2) is 23.5 Å². The maximum Gasteiger partial charge on any atom is 0.188 e. The van der Waals surface area contributed by atoms with E-state index < -0.39 is 0 Å². The number of pyridine rings is 1. The van der Waals surface area contributed by atoms with Gasteiger partial charge in [-0.1, -0.05) is 5.16 Å². The highest BCUT2D eigenvalue weighted by Crippen LogP contribution is 2.12. The lowest BCUT2D eigenvalue weighted by Crippen LogP contribution is -2.27. The minimum Gasteiger partial charge on any atom is -0.409 e. The normalized spacial score (nSPS) is 11.6. The maximum atomic E-state index is 8.55. The third-order valence-corrected chi connectivity index (χ3v) is 2.57. The van der Waals surface area contributed by atoms with Crippen LogP contribution in [0, 0.1) is 0 Å².